The standard InChI is InChI=1S/C24H31N3O2/c1-18-7-11-20(12-8-18)26-22(28)17-25-23(29)24(15-5-3-4-6-16-24)27-21-13-9-19(2)10-14-21/h7-14,27H,3-6,15-17H2,1-2H3,(H,25,29)(H,26,28). The molecule has 1 aliphatic carbocycles. The maximum absolute atomic E-state index is 13.2. The molecule has 0 bridgehead atoms. The van der Waals surface area contributed by atoms with Crippen LogP contribution in [0.2, 0.25) is 0 Å². The minimum Gasteiger partial charge on any atom is -0.371 e. The second-order valence-electron chi connectivity index (χ2n) is 8.08. The summed E-state index contributed by atoms with van der Waals surface area (Å²) in [5.41, 5.74) is 3.32. The van der Waals surface area contributed by atoms with Crippen LogP contribution in [-0.4, -0.2) is 23.9 Å². The summed E-state index contributed by atoms with van der Waals surface area (Å²) in [5.74, 6) is -0.319. The van der Waals surface area contributed by atoms with Crippen LogP contribution in [0.25, 0.3) is 0 Å². The molecule has 2 amide bonds. The summed E-state index contributed by atoms with van der Waals surface area (Å²) >= 11 is 0. The van der Waals surface area contributed by atoms with Gasteiger partial charge in [0.2, 0.25) is 11.8 Å². The van der Waals surface area contributed by atoms with Crippen LogP contribution in [0.4, 0.5) is 11.4 Å². The van der Waals surface area contributed by atoms with E-state index in [0.29, 0.717) is 0 Å². The van der Waals surface area contributed by atoms with Crippen molar-refractivity contribution >= 4 is 23.2 Å². The smallest absolute Gasteiger partial charge is 0.246 e. The van der Waals surface area contributed by atoms with Crippen LogP contribution in [0.15, 0.2) is 48.5 Å². The third-order valence-electron chi connectivity index (χ3n) is 5.57. The quantitative estimate of drug-likeness (QED) is 0.630. The minimum atomic E-state index is -0.671. The van der Waals surface area contributed by atoms with Gasteiger partial charge in [0.25, 0.3) is 0 Å². The van der Waals surface area contributed by atoms with E-state index in [1.165, 1.54) is 5.56 Å². The van der Waals surface area contributed by atoms with Crippen LogP contribution in [-0.2, 0) is 9.59 Å². The number of carbonyl (C=O) groups is 2. The molecule has 0 atom stereocenters. The Morgan fingerprint density at radius 3 is 1.86 bits per heavy atom. The fourth-order valence-electron chi connectivity index (χ4n) is 3.83. The monoisotopic (exact) mass is 393 g/mol. The van der Waals surface area contributed by atoms with Gasteiger partial charge in [0.15, 0.2) is 0 Å². The molecule has 0 saturated heterocycles. The highest BCUT2D eigenvalue weighted by atomic mass is 16.2. The van der Waals surface area contributed by atoms with E-state index in [1.54, 1.807) is 0 Å². The molecule has 1 saturated carbocycles. The van der Waals surface area contributed by atoms with Gasteiger partial charge in [-0.05, 0) is 51.0 Å². The average molecular weight is 394 g/mol. The van der Waals surface area contributed by atoms with Crippen LogP contribution >= 0.6 is 0 Å². The molecule has 154 valence electrons. The molecule has 5 nitrogen and oxygen atoms in total. The third kappa shape index (κ3) is 5.83. The number of amides is 2. The molecule has 3 N–H and O–H groups in total. The van der Waals surface area contributed by atoms with Crippen LogP contribution in [0.1, 0.15) is 49.7 Å². The van der Waals surface area contributed by atoms with Crippen molar-refractivity contribution in [2.75, 3.05) is 17.2 Å². The Balaban J connectivity index is 1.65. The summed E-state index contributed by atoms with van der Waals surface area (Å²) in [6.07, 6.45) is 5.82. The molecule has 29 heavy (non-hydrogen) atoms. The fraction of sp³-hybridized carbons (Fsp3) is 0.417. The summed E-state index contributed by atoms with van der Waals surface area (Å²) in [4.78, 5) is 25.5. The van der Waals surface area contributed by atoms with Crippen molar-refractivity contribution < 1.29 is 9.59 Å². The molecular formula is C24H31N3O2. The zero-order valence-corrected chi connectivity index (χ0v) is 17.4. The lowest BCUT2D eigenvalue weighted by Gasteiger charge is -2.33. The number of carbonyl (C=O) groups excluding carboxylic acids is 2. The summed E-state index contributed by atoms with van der Waals surface area (Å²) < 4.78 is 0. The normalized spacial score (nSPS) is 15.8. The Kier molecular flexibility index (Phi) is 6.91. The van der Waals surface area contributed by atoms with Gasteiger partial charge in [0.05, 0.1) is 6.54 Å². The van der Waals surface area contributed by atoms with Gasteiger partial charge in [0.1, 0.15) is 5.54 Å². The average Bonchev–Trinajstić information content (AvgIpc) is 2.96. The Hall–Kier alpha value is -2.82. The summed E-state index contributed by atoms with van der Waals surface area (Å²) in [5, 5.41) is 9.20. The molecule has 0 radical (unpaired) electrons. The third-order valence-corrected chi connectivity index (χ3v) is 5.57. The van der Waals surface area contributed by atoms with Gasteiger partial charge in [-0.3, -0.25) is 9.59 Å². The molecule has 3 rings (SSSR count). The van der Waals surface area contributed by atoms with Gasteiger partial charge in [-0.2, -0.15) is 0 Å². The van der Waals surface area contributed by atoms with Crippen LogP contribution in [0.3, 0.4) is 0 Å². The molecule has 0 aliphatic heterocycles. The number of aryl methyl sites for hydroxylation is 2. The summed E-state index contributed by atoms with van der Waals surface area (Å²) in [6, 6.07) is 15.7. The number of hydrogen-bond donors (Lipinski definition) is 3. The molecule has 2 aromatic rings. The molecule has 0 heterocycles. The van der Waals surface area contributed by atoms with E-state index in [2.05, 4.69) is 16.0 Å². The second kappa shape index (κ2) is 9.59. The highest BCUT2D eigenvalue weighted by molar-refractivity contribution is 5.97. The van der Waals surface area contributed by atoms with E-state index in [0.717, 1.165) is 55.5 Å². The van der Waals surface area contributed by atoms with E-state index in [4.69, 9.17) is 0 Å². The highest BCUT2D eigenvalue weighted by Gasteiger charge is 2.38. The molecule has 2 aromatic carbocycles. The zero-order valence-electron chi connectivity index (χ0n) is 17.4. The number of anilines is 2. The van der Waals surface area contributed by atoms with Crippen molar-refractivity contribution in [2.24, 2.45) is 0 Å². The fourth-order valence-corrected chi connectivity index (χ4v) is 3.83. The summed E-state index contributed by atoms with van der Waals surface area (Å²) in [6.45, 7) is 4.01. The second-order valence-corrected chi connectivity index (χ2v) is 8.08. The van der Waals surface area contributed by atoms with Gasteiger partial charge < -0.3 is 16.0 Å². The lowest BCUT2D eigenvalue weighted by atomic mass is 9.88. The van der Waals surface area contributed by atoms with E-state index >= 15 is 0 Å². The minimum absolute atomic E-state index is 0.0377. The Labute approximate surface area is 173 Å². The molecular weight excluding hydrogens is 362 g/mol. The van der Waals surface area contributed by atoms with E-state index in [9.17, 15) is 9.59 Å². The van der Waals surface area contributed by atoms with Gasteiger partial charge in [-0.25, -0.2) is 0 Å². The van der Waals surface area contributed by atoms with Crippen LogP contribution in [0.5, 0.6) is 0 Å². The van der Waals surface area contributed by atoms with Gasteiger partial charge in [-0.1, -0.05) is 61.1 Å². The van der Waals surface area contributed by atoms with Crippen molar-refractivity contribution in [1.29, 1.82) is 0 Å². The van der Waals surface area contributed by atoms with Gasteiger partial charge in [-0.15, -0.1) is 0 Å². The molecule has 1 aliphatic rings. The number of rotatable bonds is 6. The first kappa shape index (κ1) is 20.9. The van der Waals surface area contributed by atoms with Gasteiger partial charge in [0, 0.05) is 11.4 Å². The maximum atomic E-state index is 13.2. The number of nitrogens with one attached hydrogen (secondary N) is 3. The van der Waals surface area contributed by atoms with Crippen molar-refractivity contribution in [3.63, 3.8) is 0 Å². The lowest BCUT2D eigenvalue weighted by molar-refractivity contribution is -0.128. The predicted octanol–water partition coefficient (Wildman–Crippen LogP) is 4.56. The molecule has 0 spiro atoms. The molecule has 0 aromatic heterocycles. The molecule has 5 heteroatoms. The van der Waals surface area contributed by atoms with E-state index in [1.807, 2.05) is 62.4 Å². The molecule has 0 unspecified atom stereocenters. The topological polar surface area (TPSA) is 70.2 Å². The largest absolute Gasteiger partial charge is 0.371 e. The first-order chi connectivity index (χ1) is 14.0. The van der Waals surface area contributed by atoms with E-state index < -0.39 is 5.54 Å². The highest BCUT2D eigenvalue weighted by Crippen LogP contribution is 2.31. The molecule has 1 fully saturated rings. The van der Waals surface area contributed by atoms with Crippen molar-refractivity contribution in [1.82, 2.24) is 5.32 Å². The number of hydrogen-bond acceptors (Lipinski definition) is 3. The van der Waals surface area contributed by atoms with Crippen molar-refractivity contribution in [3.05, 3.63) is 59.7 Å². The Morgan fingerprint density at radius 2 is 1.31 bits per heavy atom. The summed E-state index contributed by atoms with van der Waals surface area (Å²) in [7, 11) is 0. The lowest BCUT2D eigenvalue weighted by Crippen LogP contribution is -2.53. The predicted molar refractivity (Wildman–Crippen MR) is 118 cm³/mol. The van der Waals surface area contributed by atoms with Gasteiger partial charge >= 0.3 is 0 Å². The van der Waals surface area contributed by atoms with Crippen molar-refractivity contribution in [2.45, 2.75) is 57.9 Å². The number of benzene rings is 2. The van der Waals surface area contributed by atoms with Crippen molar-refractivity contribution in [3.8, 4) is 0 Å². The van der Waals surface area contributed by atoms with E-state index in [-0.39, 0.29) is 18.4 Å². The Bertz CT molecular complexity index is 820. The Morgan fingerprint density at radius 1 is 0.793 bits per heavy atom. The first-order valence-electron chi connectivity index (χ1n) is 10.5. The van der Waals surface area contributed by atoms with Crippen LogP contribution in [0, 0.1) is 13.8 Å². The first-order valence-corrected chi connectivity index (χ1v) is 10.5. The maximum Gasteiger partial charge on any atom is 0.246 e. The van der Waals surface area contributed by atoms with Crippen LogP contribution < -0.4 is 16.0 Å². The SMILES string of the molecule is Cc1ccc(NC(=O)CNC(=O)C2(Nc3ccc(C)cc3)CCCCCC2)cc1. The zero-order chi connectivity index (χ0) is 20.7.